The molecule has 0 saturated carbocycles. The molecule has 1 aliphatic rings. The van der Waals surface area contributed by atoms with Crippen molar-refractivity contribution < 1.29 is 0 Å². The molecule has 1 atom stereocenters. The maximum atomic E-state index is 4.25. The van der Waals surface area contributed by atoms with Gasteiger partial charge in [0.05, 0.1) is 11.7 Å². The lowest BCUT2D eigenvalue weighted by atomic mass is 9.87. The van der Waals surface area contributed by atoms with Crippen molar-refractivity contribution in [3.05, 3.63) is 11.9 Å². The number of hydrogen-bond donors (Lipinski definition) is 1. The molecule has 1 N–H and O–H groups in total. The summed E-state index contributed by atoms with van der Waals surface area (Å²) < 4.78 is 0. The van der Waals surface area contributed by atoms with Crippen LogP contribution in [0.2, 0.25) is 0 Å². The summed E-state index contributed by atoms with van der Waals surface area (Å²) in [5.74, 6) is 0. The molecule has 0 spiro atoms. The molecular formula is C9H16N2. The molecular weight excluding hydrogens is 136 g/mol. The van der Waals surface area contributed by atoms with E-state index < -0.39 is 0 Å². The lowest BCUT2D eigenvalue weighted by Gasteiger charge is -2.29. The zero-order valence-corrected chi connectivity index (χ0v) is 7.68. The highest BCUT2D eigenvalue weighted by molar-refractivity contribution is 5.68. The van der Waals surface area contributed by atoms with Gasteiger partial charge in [-0.25, -0.2) is 0 Å². The van der Waals surface area contributed by atoms with Crippen molar-refractivity contribution in [2.45, 2.75) is 33.7 Å². The fourth-order valence-electron chi connectivity index (χ4n) is 0.956. The predicted octanol–water partition coefficient (Wildman–Crippen LogP) is 1.94. The quantitative estimate of drug-likeness (QED) is 0.563. The van der Waals surface area contributed by atoms with Crippen molar-refractivity contribution in [1.29, 1.82) is 0 Å². The lowest BCUT2D eigenvalue weighted by Crippen LogP contribution is -2.40. The van der Waals surface area contributed by atoms with Crippen LogP contribution in [0.1, 0.15) is 27.7 Å². The third kappa shape index (κ3) is 2.07. The van der Waals surface area contributed by atoms with Gasteiger partial charge in [-0.1, -0.05) is 20.8 Å². The van der Waals surface area contributed by atoms with Gasteiger partial charge in [-0.05, 0) is 12.3 Å². The number of hydrogen-bond acceptors (Lipinski definition) is 2. The molecule has 0 aromatic carbocycles. The van der Waals surface area contributed by atoms with Gasteiger partial charge in [0.2, 0.25) is 0 Å². The number of aliphatic imine (C=N–C) groups is 1. The predicted molar refractivity (Wildman–Crippen MR) is 48.6 cm³/mol. The maximum Gasteiger partial charge on any atom is 0.0659 e. The Bertz CT molecular complexity index is 196. The molecule has 62 valence electrons. The van der Waals surface area contributed by atoms with Gasteiger partial charge in [0, 0.05) is 12.4 Å². The highest BCUT2D eigenvalue weighted by atomic mass is 15.0. The van der Waals surface area contributed by atoms with Gasteiger partial charge in [-0.3, -0.25) is 4.99 Å². The molecule has 1 aliphatic heterocycles. The molecule has 1 rings (SSSR count). The highest BCUT2D eigenvalue weighted by Gasteiger charge is 2.22. The Labute approximate surface area is 68.4 Å². The van der Waals surface area contributed by atoms with E-state index in [4.69, 9.17) is 0 Å². The Kier molecular flexibility index (Phi) is 2.03. The minimum atomic E-state index is 0.251. The first-order valence-corrected chi connectivity index (χ1v) is 3.97. The molecule has 0 fully saturated rings. The van der Waals surface area contributed by atoms with Crippen LogP contribution in [0.3, 0.4) is 0 Å². The fraction of sp³-hybridized carbons (Fsp3) is 0.667. The van der Waals surface area contributed by atoms with E-state index >= 15 is 0 Å². The fourth-order valence-corrected chi connectivity index (χ4v) is 0.956. The van der Waals surface area contributed by atoms with E-state index in [1.165, 1.54) is 0 Å². The van der Waals surface area contributed by atoms with Crippen molar-refractivity contribution >= 4 is 6.21 Å². The second-order valence-electron chi connectivity index (χ2n) is 4.07. The highest BCUT2D eigenvalue weighted by Crippen LogP contribution is 2.19. The van der Waals surface area contributed by atoms with E-state index in [-0.39, 0.29) is 5.41 Å². The van der Waals surface area contributed by atoms with Crippen LogP contribution in [-0.4, -0.2) is 12.3 Å². The van der Waals surface area contributed by atoms with Crippen LogP contribution in [-0.2, 0) is 0 Å². The monoisotopic (exact) mass is 152 g/mol. The van der Waals surface area contributed by atoms with Crippen LogP contribution in [0.15, 0.2) is 16.9 Å². The number of nitrogens with zero attached hydrogens (tertiary/aromatic N) is 1. The summed E-state index contributed by atoms with van der Waals surface area (Å²) in [4.78, 5) is 4.25. The molecule has 11 heavy (non-hydrogen) atoms. The van der Waals surface area contributed by atoms with Crippen LogP contribution in [0.5, 0.6) is 0 Å². The summed E-state index contributed by atoms with van der Waals surface area (Å²) in [6.07, 6.45) is 3.95. The average Bonchev–Trinajstić information content (AvgIpc) is 1.86. The van der Waals surface area contributed by atoms with Gasteiger partial charge in [-0.15, -0.1) is 0 Å². The molecule has 0 aromatic rings. The van der Waals surface area contributed by atoms with Gasteiger partial charge in [0.1, 0.15) is 0 Å². The molecule has 0 saturated heterocycles. The first kappa shape index (κ1) is 8.31. The van der Waals surface area contributed by atoms with Crippen molar-refractivity contribution in [1.82, 2.24) is 5.32 Å². The Hall–Kier alpha value is -0.790. The number of allylic oxidation sites excluding steroid dienone is 1. The molecule has 1 unspecified atom stereocenters. The molecule has 2 nitrogen and oxygen atoms in total. The van der Waals surface area contributed by atoms with Crippen LogP contribution in [0.4, 0.5) is 0 Å². The molecule has 2 heteroatoms. The first-order chi connectivity index (χ1) is 5.00. The summed E-state index contributed by atoms with van der Waals surface area (Å²) >= 11 is 0. The van der Waals surface area contributed by atoms with E-state index in [1.54, 1.807) is 0 Å². The van der Waals surface area contributed by atoms with Crippen molar-refractivity contribution in [2.75, 3.05) is 0 Å². The SMILES string of the molecule is CC1=CNC(C(C)(C)C)C=N1. The molecule has 0 amide bonds. The van der Waals surface area contributed by atoms with Gasteiger partial charge in [0.15, 0.2) is 0 Å². The van der Waals surface area contributed by atoms with E-state index in [9.17, 15) is 0 Å². The van der Waals surface area contributed by atoms with E-state index in [0.29, 0.717) is 6.04 Å². The zero-order valence-electron chi connectivity index (χ0n) is 7.68. The smallest absolute Gasteiger partial charge is 0.0659 e. The Morgan fingerprint density at radius 2 is 2.09 bits per heavy atom. The second-order valence-corrected chi connectivity index (χ2v) is 4.07. The summed E-state index contributed by atoms with van der Waals surface area (Å²) in [5.41, 5.74) is 1.30. The summed E-state index contributed by atoms with van der Waals surface area (Å²) in [5, 5.41) is 3.30. The molecule has 0 aliphatic carbocycles. The van der Waals surface area contributed by atoms with E-state index in [2.05, 4.69) is 31.1 Å². The third-order valence-electron chi connectivity index (χ3n) is 1.83. The van der Waals surface area contributed by atoms with E-state index in [1.807, 2.05) is 19.3 Å². The lowest BCUT2D eigenvalue weighted by molar-refractivity contribution is 0.354. The Morgan fingerprint density at radius 1 is 1.45 bits per heavy atom. The van der Waals surface area contributed by atoms with Crippen LogP contribution >= 0.6 is 0 Å². The maximum absolute atomic E-state index is 4.25. The summed E-state index contributed by atoms with van der Waals surface area (Å²) in [6, 6.07) is 0.367. The molecule has 0 bridgehead atoms. The molecule has 0 radical (unpaired) electrons. The van der Waals surface area contributed by atoms with Crippen molar-refractivity contribution in [2.24, 2.45) is 10.4 Å². The van der Waals surface area contributed by atoms with Gasteiger partial charge in [-0.2, -0.15) is 0 Å². The van der Waals surface area contributed by atoms with Gasteiger partial charge >= 0.3 is 0 Å². The second kappa shape index (κ2) is 2.68. The van der Waals surface area contributed by atoms with Crippen LogP contribution in [0.25, 0.3) is 0 Å². The largest absolute Gasteiger partial charge is 0.381 e. The minimum absolute atomic E-state index is 0.251. The van der Waals surface area contributed by atoms with Crippen LogP contribution < -0.4 is 5.32 Å². The summed E-state index contributed by atoms with van der Waals surface area (Å²) in [6.45, 7) is 8.59. The molecule has 1 heterocycles. The van der Waals surface area contributed by atoms with E-state index in [0.717, 1.165) is 5.70 Å². The first-order valence-electron chi connectivity index (χ1n) is 3.97. The third-order valence-corrected chi connectivity index (χ3v) is 1.83. The Morgan fingerprint density at radius 3 is 2.45 bits per heavy atom. The standard InChI is InChI=1S/C9H16N2/c1-7-5-11-8(6-10-7)9(2,3)4/h5-6,8,11H,1-4H3. The Balaban J connectivity index is 2.63. The number of nitrogens with one attached hydrogen (secondary N) is 1. The van der Waals surface area contributed by atoms with Gasteiger partial charge in [0.25, 0.3) is 0 Å². The van der Waals surface area contributed by atoms with Crippen molar-refractivity contribution in [3.8, 4) is 0 Å². The van der Waals surface area contributed by atoms with Crippen molar-refractivity contribution in [3.63, 3.8) is 0 Å². The minimum Gasteiger partial charge on any atom is -0.381 e. The number of rotatable bonds is 0. The molecule has 0 aromatic heterocycles. The van der Waals surface area contributed by atoms with Crippen LogP contribution in [0, 0.1) is 5.41 Å². The average molecular weight is 152 g/mol. The summed E-state index contributed by atoms with van der Waals surface area (Å²) in [7, 11) is 0. The zero-order chi connectivity index (χ0) is 8.48. The normalized spacial score (nSPS) is 24.4. The van der Waals surface area contributed by atoms with Gasteiger partial charge < -0.3 is 5.32 Å². The topological polar surface area (TPSA) is 24.4 Å².